The topological polar surface area (TPSA) is 32.3 Å². The number of anilines is 2. The Morgan fingerprint density at radius 1 is 1.05 bits per heavy atom. The standard InChI is InChI=1S/C15H12F3NO.C2H6/c1-10(20)13-7-2-3-8-14(13)19-12-6-4-5-11(9-12)15(16,17)18;1-2/h2-9,19-20H,1H2;1-2H3. The number of halogens is 3. The summed E-state index contributed by atoms with van der Waals surface area (Å²) >= 11 is 0. The molecule has 5 heteroatoms. The Balaban J connectivity index is 0.00000116. The van der Waals surface area contributed by atoms with Gasteiger partial charge >= 0.3 is 6.18 Å². The zero-order valence-electron chi connectivity index (χ0n) is 12.4. The first-order valence-corrected chi connectivity index (χ1v) is 6.79. The lowest BCUT2D eigenvalue weighted by atomic mass is 10.1. The lowest BCUT2D eigenvalue weighted by molar-refractivity contribution is -0.137. The molecule has 0 spiro atoms. The summed E-state index contributed by atoms with van der Waals surface area (Å²) < 4.78 is 37.9. The normalized spacial score (nSPS) is 10.4. The van der Waals surface area contributed by atoms with Crippen molar-refractivity contribution in [1.29, 1.82) is 0 Å². The van der Waals surface area contributed by atoms with Gasteiger partial charge in [-0.15, -0.1) is 0 Å². The van der Waals surface area contributed by atoms with Crippen molar-refractivity contribution < 1.29 is 18.3 Å². The highest BCUT2D eigenvalue weighted by Crippen LogP contribution is 2.32. The number of benzene rings is 2. The maximum Gasteiger partial charge on any atom is 0.416 e. The summed E-state index contributed by atoms with van der Waals surface area (Å²) in [5.74, 6) is -0.153. The van der Waals surface area contributed by atoms with Crippen molar-refractivity contribution in [2.45, 2.75) is 20.0 Å². The van der Waals surface area contributed by atoms with Crippen LogP contribution >= 0.6 is 0 Å². The molecule has 0 aromatic heterocycles. The molecule has 2 rings (SSSR count). The second-order valence-electron chi connectivity index (χ2n) is 4.20. The minimum Gasteiger partial charge on any atom is -0.508 e. The molecule has 0 saturated carbocycles. The second kappa shape index (κ2) is 7.54. The number of hydrogen-bond donors (Lipinski definition) is 2. The number of rotatable bonds is 3. The number of para-hydroxylation sites is 1. The Bertz CT molecular complexity index is 636. The highest BCUT2D eigenvalue weighted by atomic mass is 19.4. The smallest absolute Gasteiger partial charge is 0.416 e. The van der Waals surface area contributed by atoms with E-state index in [0.717, 1.165) is 12.1 Å². The van der Waals surface area contributed by atoms with Gasteiger partial charge in [0.05, 0.1) is 5.56 Å². The van der Waals surface area contributed by atoms with Gasteiger partial charge < -0.3 is 10.4 Å². The van der Waals surface area contributed by atoms with E-state index < -0.39 is 11.7 Å². The molecule has 2 nitrogen and oxygen atoms in total. The molecule has 0 bridgehead atoms. The lowest BCUT2D eigenvalue weighted by Gasteiger charge is -2.13. The molecule has 0 saturated heterocycles. The van der Waals surface area contributed by atoms with Crippen LogP contribution in [0.3, 0.4) is 0 Å². The summed E-state index contributed by atoms with van der Waals surface area (Å²) in [5, 5.41) is 12.3. The van der Waals surface area contributed by atoms with Crippen LogP contribution in [0.1, 0.15) is 25.0 Å². The average Bonchev–Trinajstić information content (AvgIpc) is 2.49. The van der Waals surface area contributed by atoms with Gasteiger partial charge in [-0.05, 0) is 30.3 Å². The van der Waals surface area contributed by atoms with Crippen molar-refractivity contribution in [2.24, 2.45) is 0 Å². The fourth-order valence-corrected chi connectivity index (χ4v) is 1.77. The third-order valence-corrected chi connectivity index (χ3v) is 2.71. The zero-order valence-corrected chi connectivity index (χ0v) is 12.4. The molecule has 2 aromatic rings. The molecule has 0 aliphatic carbocycles. The van der Waals surface area contributed by atoms with Crippen LogP contribution in [0, 0.1) is 0 Å². The van der Waals surface area contributed by atoms with Crippen molar-refractivity contribution in [3.05, 3.63) is 66.2 Å². The number of hydrogen-bond acceptors (Lipinski definition) is 2. The van der Waals surface area contributed by atoms with Gasteiger partial charge in [0.25, 0.3) is 0 Å². The number of aliphatic hydroxyl groups excluding tert-OH is 1. The molecule has 0 atom stereocenters. The molecule has 0 unspecified atom stereocenters. The van der Waals surface area contributed by atoms with E-state index in [2.05, 4.69) is 11.9 Å². The Hall–Kier alpha value is -2.43. The van der Waals surface area contributed by atoms with Crippen molar-refractivity contribution in [2.75, 3.05) is 5.32 Å². The lowest BCUT2D eigenvalue weighted by Crippen LogP contribution is -2.05. The maximum absolute atomic E-state index is 12.6. The van der Waals surface area contributed by atoms with Gasteiger partial charge in [-0.1, -0.05) is 38.6 Å². The Morgan fingerprint density at radius 3 is 2.27 bits per heavy atom. The van der Waals surface area contributed by atoms with E-state index in [4.69, 9.17) is 0 Å². The van der Waals surface area contributed by atoms with Crippen molar-refractivity contribution in [3.63, 3.8) is 0 Å². The van der Waals surface area contributed by atoms with Crippen LogP contribution < -0.4 is 5.32 Å². The van der Waals surface area contributed by atoms with Crippen LogP contribution in [0.2, 0.25) is 0 Å². The van der Waals surface area contributed by atoms with E-state index >= 15 is 0 Å². The van der Waals surface area contributed by atoms with Crippen LogP contribution in [0.4, 0.5) is 24.5 Å². The average molecular weight is 309 g/mol. The van der Waals surface area contributed by atoms with E-state index in [9.17, 15) is 18.3 Å². The van der Waals surface area contributed by atoms with Gasteiger partial charge in [0.2, 0.25) is 0 Å². The van der Waals surface area contributed by atoms with Crippen molar-refractivity contribution in [1.82, 2.24) is 0 Å². The molecular weight excluding hydrogens is 291 g/mol. The second-order valence-corrected chi connectivity index (χ2v) is 4.20. The number of aliphatic hydroxyl groups is 1. The van der Waals surface area contributed by atoms with Gasteiger partial charge in [-0.2, -0.15) is 13.2 Å². The summed E-state index contributed by atoms with van der Waals surface area (Å²) in [5.41, 5.74) is 0.473. The highest BCUT2D eigenvalue weighted by molar-refractivity contribution is 5.74. The predicted molar refractivity (Wildman–Crippen MR) is 84.2 cm³/mol. The molecule has 0 aliphatic rings. The Kier molecular flexibility index (Phi) is 6.04. The van der Waals surface area contributed by atoms with Gasteiger partial charge in [-0.25, -0.2) is 0 Å². The first-order chi connectivity index (χ1) is 10.4. The summed E-state index contributed by atoms with van der Waals surface area (Å²) in [7, 11) is 0. The first-order valence-electron chi connectivity index (χ1n) is 6.79. The molecule has 2 aromatic carbocycles. The van der Waals surface area contributed by atoms with Gasteiger partial charge in [0.1, 0.15) is 5.76 Å². The third-order valence-electron chi connectivity index (χ3n) is 2.71. The Labute approximate surface area is 127 Å². The van der Waals surface area contributed by atoms with E-state index in [1.807, 2.05) is 13.8 Å². The molecule has 0 aliphatic heterocycles. The number of alkyl halides is 3. The number of nitrogens with one attached hydrogen (secondary N) is 1. The van der Waals surface area contributed by atoms with Crippen LogP contribution in [0.15, 0.2) is 55.1 Å². The predicted octanol–water partition coefficient (Wildman–Crippen LogP) is 6.00. The van der Waals surface area contributed by atoms with Crippen LogP contribution in [-0.2, 0) is 6.18 Å². The van der Waals surface area contributed by atoms with Crippen molar-refractivity contribution >= 4 is 17.1 Å². The molecule has 0 amide bonds. The molecule has 118 valence electrons. The third kappa shape index (κ3) is 4.55. The minimum absolute atomic E-state index is 0.153. The van der Waals surface area contributed by atoms with E-state index in [1.54, 1.807) is 24.3 Å². The molecule has 0 radical (unpaired) electrons. The summed E-state index contributed by atoms with van der Waals surface area (Å²) in [6, 6.07) is 11.5. The summed E-state index contributed by atoms with van der Waals surface area (Å²) in [4.78, 5) is 0. The van der Waals surface area contributed by atoms with Crippen LogP contribution in [0.5, 0.6) is 0 Å². The highest BCUT2D eigenvalue weighted by Gasteiger charge is 2.30. The van der Waals surface area contributed by atoms with Crippen LogP contribution in [0.25, 0.3) is 5.76 Å². The van der Waals surface area contributed by atoms with Gasteiger partial charge in [0.15, 0.2) is 0 Å². The zero-order chi connectivity index (χ0) is 16.8. The largest absolute Gasteiger partial charge is 0.508 e. The minimum atomic E-state index is -4.39. The first kappa shape index (κ1) is 17.6. The van der Waals surface area contributed by atoms with Crippen molar-refractivity contribution in [3.8, 4) is 0 Å². The SMILES string of the molecule is C=C(O)c1ccccc1Nc1cccc(C(F)(F)F)c1.CC. The fraction of sp³-hybridized carbons (Fsp3) is 0.176. The van der Waals surface area contributed by atoms with Gasteiger partial charge in [0, 0.05) is 16.9 Å². The van der Waals surface area contributed by atoms with Gasteiger partial charge in [-0.3, -0.25) is 0 Å². The Morgan fingerprint density at radius 2 is 1.68 bits per heavy atom. The monoisotopic (exact) mass is 309 g/mol. The van der Waals surface area contributed by atoms with E-state index in [1.165, 1.54) is 12.1 Å². The molecule has 0 fully saturated rings. The fourth-order valence-electron chi connectivity index (χ4n) is 1.77. The maximum atomic E-state index is 12.6. The molecule has 2 N–H and O–H groups in total. The molecular formula is C17H18F3NO. The van der Waals surface area contributed by atoms with E-state index in [-0.39, 0.29) is 11.4 Å². The molecule has 0 heterocycles. The molecule has 22 heavy (non-hydrogen) atoms. The summed E-state index contributed by atoms with van der Waals surface area (Å²) in [6.07, 6.45) is -4.39. The quantitative estimate of drug-likeness (QED) is 0.681. The summed E-state index contributed by atoms with van der Waals surface area (Å²) in [6.45, 7) is 7.42. The van der Waals surface area contributed by atoms with Crippen LogP contribution in [-0.4, -0.2) is 5.11 Å². The van der Waals surface area contributed by atoms with E-state index in [0.29, 0.717) is 11.3 Å².